The number of hydrogen-bond donors (Lipinski definition) is 1. The molecule has 2 aliphatic heterocycles. The Hall–Kier alpha value is -1.69. The van der Waals surface area contributed by atoms with Gasteiger partial charge in [-0.05, 0) is 49.4 Å². The minimum Gasteiger partial charge on any atom is -0.323 e. The van der Waals surface area contributed by atoms with Gasteiger partial charge in [-0.25, -0.2) is 0 Å². The highest BCUT2D eigenvalue weighted by Crippen LogP contribution is 2.56. The van der Waals surface area contributed by atoms with Crippen LogP contribution in [0.4, 0.5) is 11.4 Å². The number of rotatable bonds is 1. The maximum absolute atomic E-state index is 12.9. The van der Waals surface area contributed by atoms with Crippen molar-refractivity contribution in [1.82, 2.24) is 0 Å². The van der Waals surface area contributed by atoms with Gasteiger partial charge in [0.15, 0.2) is 0 Å². The minimum absolute atomic E-state index is 0.120. The first kappa shape index (κ1) is 15.8. The zero-order valence-electron chi connectivity index (χ0n) is 12.5. The first-order valence-corrected chi connectivity index (χ1v) is 8.96. The van der Waals surface area contributed by atoms with Crippen LogP contribution in [-0.4, -0.2) is 17.1 Å². The second-order valence-electron chi connectivity index (χ2n) is 5.70. The lowest BCUT2D eigenvalue weighted by molar-refractivity contribution is -0.122. The second-order valence-corrected chi connectivity index (χ2v) is 8.10. The lowest BCUT2D eigenvalue weighted by Gasteiger charge is -2.32. The third kappa shape index (κ3) is 2.08. The van der Waals surface area contributed by atoms with Gasteiger partial charge in [-0.2, -0.15) is 0 Å². The van der Waals surface area contributed by atoms with E-state index in [-0.39, 0.29) is 17.1 Å². The van der Waals surface area contributed by atoms with Crippen LogP contribution in [0, 0.1) is 0 Å². The molecule has 4 rings (SSSR count). The van der Waals surface area contributed by atoms with Gasteiger partial charge in [-0.1, -0.05) is 23.2 Å². The molecule has 1 fully saturated rings. The van der Waals surface area contributed by atoms with Crippen LogP contribution in [0.2, 0.25) is 10.0 Å². The highest BCUT2D eigenvalue weighted by molar-refractivity contribution is 8.03. The van der Waals surface area contributed by atoms with Crippen molar-refractivity contribution in [3.05, 3.63) is 58.1 Å². The lowest BCUT2D eigenvalue weighted by atomic mass is 10.0. The Bertz CT molecular complexity index is 871. The first-order valence-electron chi connectivity index (χ1n) is 7.32. The number of benzene rings is 2. The van der Waals surface area contributed by atoms with Gasteiger partial charge in [0.2, 0.25) is 10.8 Å². The van der Waals surface area contributed by atoms with Crippen molar-refractivity contribution in [2.45, 2.75) is 17.0 Å². The maximum Gasteiger partial charge on any atom is 0.266 e. The van der Waals surface area contributed by atoms with E-state index in [0.29, 0.717) is 27.0 Å². The average Bonchev–Trinajstić information content (AvgIpc) is 2.97. The number of nitrogens with zero attached hydrogens (tertiary/aromatic N) is 1. The van der Waals surface area contributed by atoms with Crippen LogP contribution in [0.1, 0.15) is 12.5 Å². The van der Waals surface area contributed by atoms with Crippen molar-refractivity contribution in [1.29, 1.82) is 0 Å². The van der Waals surface area contributed by atoms with Crippen LogP contribution in [0.25, 0.3) is 0 Å². The van der Waals surface area contributed by atoms with E-state index >= 15 is 0 Å². The highest BCUT2D eigenvalue weighted by atomic mass is 35.5. The molecule has 2 aromatic carbocycles. The molecule has 2 unspecified atom stereocenters. The molecular formula is C17H12Cl2N2O2S. The topological polar surface area (TPSA) is 49.4 Å². The van der Waals surface area contributed by atoms with Crippen LogP contribution in [0.15, 0.2) is 42.5 Å². The van der Waals surface area contributed by atoms with Crippen molar-refractivity contribution >= 4 is 58.2 Å². The third-order valence-electron chi connectivity index (χ3n) is 4.22. The number of carbonyl (C=O) groups is 2. The van der Waals surface area contributed by atoms with E-state index in [1.165, 1.54) is 11.8 Å². The number of thioether (sulfide) groups is 1. The van der Waals surface area contributed by atoms with Gasteiger partial charge in [0.1, 0.15) is 0 Å². The van der Waals surface area contributed by atoms with Gasteiger partial charge in [0, 0.05) is 27.0 Å². The summed E-state index contributed by atoms with van der Waals surface area (Å²) in [5.74, 6) is -0.359. The molecule has 2 aliphatic rings. The van der Waals surface area contributed by atoms with Crippen LogP contribution < -0.4 is 10.2 Å². The van der Waals surface area contributed by atoms with Crippen LogP contribution >= 0.6 is 35.0 Å². The normalized spacial score (nSPS) is 25.3. The predicted molar refractivity (Wildman–Crippen MR) is 97.8 cm³/mol. The number of hydrogen-bond acceptors (Lipinski definition) is 3. The first-order chi connectivity index (χ1) is 11.4. The van der Waals surface area contributed by atoms with Crippen LogP contribution in [-0.2, 0) is 14.5 Å². The summed E-state index contributed by atoms with van der Waals surface area (Å²) < 4.78 is 0. The number of nitrogens with one attached hydrogen (secondary N) is 1. The molecular weight excluding hydrogens is 367 g/mol. The molecule has 0 aliphatic carbocycles. The minimum atomic E-state index is -1.15. The lowest BCUT2D eigenvalue weighted by Crippen LogP contribution is -2.47. The van der Waals surface area contributed by atoms with Crippen molar-refractivity contribution in [3.63, 3.8) is 0 Å². The number of amides is 2. The van der Waals surface area contributed by atoms with Gasteiger partial charge < -0.3 is 5.32 Å². The predicted octanol–water partition coefficient (Wildman–Crippen LogP) is 4.27. The molecule has 24 heavy (non-hydrogen) atoms. The van der Waals surface area contributed by atoms with Crippen LogP contribution in [0.5, 0.6) is 0 Å². The zero-order valence-corrected chi connectivity index (χ0v) is 14.9. The molecule has 4 nitrogen and oxygen atoms in total. The summed E-state index contributed by atoms with van der Waals surface area (Å²) in [7, 11) is 0. The summed E-state index contributed by atoms with van der Waals surface area (Å²) in [5.41, 5.74) is 2.01. The Morgan fingerprint density at radius 2 is 1.75 bits per heavy atom. The quantitative estimate of drug-likeness (QED) is 0.805. The highest BCUT2D eigenvalue weighted by Gasteiger charge is 2.60. The van der Waals surface area contributed by atoms with Crippen molar-refractivity contribution < 1.29 is 9.59 Å². The van der Waals surface area contributed by atoms with Gasteiger partial charge in [0.05, 0.1) is 5.25 Å². The maximum atomic E-state index is 12.9. The Kier molecular flexibility index (Phi) is 3.56. The molecule has 1 spiro atoms. The van der Waals surface area contributed by atoms with E-state index in [0.717, 1.165) is 0 Å². The molecule has 0 aromatic heterocycles. The standard InChI is InChI=1S/C17H12Cl2N2O2S/c1-9-15(22)21(12-5-2-10(18)3-6-12)17(24-9)13-8-11(19)4-7-14(13)20-16(17)23/h2-9H,1H3,(H,20,23). The fraction of sp³-hybridized carbons (Fsp3) is 0.176. The number of carbonyl (C=O) groups excluding carboxylic acids is 2. The Morgan fingerprint density at radius 1 is 1.08 bits per heavy atom. The smallest absolute Gasteiger partial charge is 0.266 e. The second kappa shape index (κ2) is 5.41. The number of fused-ring (bicyclic) bond motifs is 2. The Morgan fingerprint density at radius 3 is 2.46 bits per heavy atom. The molecule has 2 aromatic rings. The number of anilines is 2. The van der Waals surface area contributed by atoms with E-state index in [4.69, 9.17) is 23.2 Å². The molecule has 0 bridgehead atoms. The molecule has 0 saturated carbocycles. The summed E-state index contributed by atoms with van der Waals surface area (Å²) in [4.78, 5) is 26.2. The summed E-state index contributed by atoms with van der Waals surface area (Å²) in [6.07, 6.45) is 0. The van der Waals surface area contributed by atoms with E-state index in [9.17, 15) is 9.59 Å². The van der Waals surface area contributed by atoms with Gasteiger partial charge in [-0.3, -0.25) is 14.5 Å². The molecule has 122 valence electrons. The van der Waals surface area contributed by atoms with Gasteiger partial charge >= 0.3 is 0 Å². The Balaban J connectivity index is 1.95. The summed E-state index contributed by atoms with van der Waals surface area (Å²) in [6, 6.07) is 12.1. The van der Waals surface area contributed by atoms with E-state index in [2.05, 4.69) is 5.32 Å². The molecule has 2 heterocycles. The fourth-order valence-corrected chi connectivity index (χ4v) is 4.94. The van der Waals surface area contributed by atoms with Crippen LogP contribution in [0.3, 0.4) is 0 Å². The summed E-state index contributed by atoms with van der Waals surface area (Å²) in [6.45, 7) is 1.81. The molecule has 1 saturated heterocycles. The monoisotopic (exact) mass is 378 g/mol. The number of halogens is 2. The van der Waals surface area contributed by atoms with E-state index < -0.39 is 4.87 Å². The van der Waals surface area contributed by atoms with E-state index in [1.54, 1.807) is 54.3 Å². The van der Waals surface area contributed by atoms with Crippen molar-refractivity contribution in [2.24, 2.45) is 0 Å². The molecule has 2 atom stereocenters. The average molecular weight is 379 g/mol. The SMILES string of the molecule is CC1SC2(C(=O)Nc3ccc(Cl)cc32)N(c2ccc(Cl)cc2)C1=O. The largest absolute Gasteiger partial charge is 0.323 e. The third-order valence-corrected chi connectivity index (χ3v) is 6.19. The Labute approximate surface area is 153 Å². The van der Waals surface area contributed by atoms with Gasteiger partial charge in [0.25, 0.3) is 5.91 Å². The molecule has 0 radical (unpaired) electrons. The summed E-state index contributed by atoms with van der Waals surface area (Å²) in [5, 5.41) is 3.61. The van der Waals surface area contributed by atoms with Crippen molar-refractivity contribution in [3.8, 4) is 0 Å². The van der Waals surface area contributed by atoms with Crippen molar-refractivity contribution in [2.75, 3.05) is 10.2 Å². The fourth-order valence-electron chi connectivity index (χ4n) is 3.17. The molecule has 2 amide bonds. The van der Waals surface area contributed by atoms with Gasteiger partial charge in [-0.15, -0.1) is 11.8 Å². The molecule has 7 heteroatoms. The van der Waals surface area contributed by atoms with E-state index in [1.807, 2.05) is 0 Å². The molecule has 1 N–H and O–H groups in total. The zero-order chi connectivity index (χ0) is 17.1. The summed E-state index contributed by atoms with van der Waals surface area (Å²) >= 11 is 13.4.